The highest BCUT2D eigenvalue weighted by atomic mass is 15.5. The smallest absolute Gasteiger partial charge is 0.160 e. The summed E-state index contributed by atoms with van der Waals surface area (Å²) < 4.78 is 0. The molecule has 0 saturated carbocycles. The minimum absolute atomic E-state index is 0.673. The predicted octanol–water partition coefficient (Wildman–Crippen LogP) is 11.9. The Bertz CT molecular complexity index is 2830. The minimum atomic E-state index is 0.673. The zero-order valence-electron chi connectivity index (χ0n) is 28.6. The molecule has 53 heavy (non-hydrogen) atoms. The summed E-state index contributed by atoms with van der Waals surface area (Å²) >= 11 is 0. The van der Waals surface area contributed by atoms with Gasteiger partial charge in [-0.25, -0.2) is 9.97 Å². The van der Waals surface area contributed by atoms with E-state index in [1.807, 2.05) is 42.5 Å². The van der Waals surface area contributed by atoms with E-state index in [0.717, 1.165) is 88.6 Å². The fraction of sp³-hybridized carbons (Fsp3) is 0. The Hall–Kier alpha value is -7.24. The molecule has 8 aromatic carbocycles. The molecule has 2 aromatic heterocycles. The number of nitrogens with zero attached hydrogens (tertiary/aromatic N) is 5. The Morgan fingerprint density at radius 1 is 0.358 bits per heavy atom. The van der Waals surface area contributed by atoms with Gasteiger partial charge in [-0.15, -0.1) is 10.2 Å². The quantitative estimate of drug-likeness (QED) is 0.164. The van der Waals surface area contributed by atoms with Crippen LogP contribution >= 0.6 is 0 Å². The van der Waals surface area contributed by atoms with Gasteiger partial charge < -0.3 is 0 Å². The zero-order chi connectivity index (χ0) is 35.1. The Balaban J connectivity index is 1.17. The third-order valence-corrected chi connectivity index (χ3v) is 9.85. The summed E-state index contributed by atoms with van der Waals surface area (Å²) in [6.45, 7) is 0. The molecule has 10 aromatic rings. The molecule has 0 amide bonds. The molecule has 2 heterocycles. The number of aromatic nitrogens is 5. The van der Waals surface area contributed by atoms with Crippen molar-refractivity contribution in [3.63, 3.8) is 0 Å². The summed E-state index contributed by atoms with van der Waals surface area (Å²) in [7, 11) is 0. The molecule has 0 aliphatic rings. The van der Waals surface area contributed by atoms with E-state index in [1.165, 1.54) is 0 Å². The van der Waals surface area contributed by atoms with E-state index in [2.05, 4.69) is 146 Å². The summed E-state index contributed by atoms with van der Waals surface area (Å²) in [4.78, 5) is 12.2. The number of para-hydroxylation sites is 1. The second-order valence-electron chi connectivity index (χ2n) is 13.2. The van der Waals surface area contributed by atoms with Crippen LogP contribution in [0.2, 0.25) is 0 Å². The lowest BCUT2D eigenvalue weighted by Crippen LogP contribution is -1.97. The van der Waals surface area contributed by atoms with Crippen LogP contribution < -0.4 is 0 Å². The molecular weight excluding hydrogens is 647 g/mol. The normalized spacial score (nSPS) is 11.4. The van der Waals surface area contributed by atoms with Crippen LogP contribution in [0, 0.1) is 0 Å². The van der Waals surface area contributed by atoms with Crippen LogP contribution in [0.4, 0.5) is 0 Å². The van der Waals surface area contributed by atoms with E-state index in [-0.39, 0.29) is 0 Å². The van der Waals surface area contributed by atoms with Gasteiger partial charge in [0.15, 0.2) is 5.82 Å². The van der Waals surface area contributed by atoms with Gasteiger partial charge in [0, 0.05) is 22.1 Å². The Labute approximate surface area is 306 Å². The first-order chi connectivity index (χ1) is 26.2. The standard InChI is InChI=1S/C48H31N5/c1-4-12-32(13-5-1)36-16-10-18-38(28-36)44-31-45(50-48(49-44)40-19-11-17-37(29-40)33-14-6-2-7-15-33)39-25-23-34-22-24-35-26-27-43-47(46(35)42(34)30-39)52-53(51-43)41-20-8-3-9-21-41/h1-31H. The Kier molecular flexibility index (Phi) is 7.40. The van der Waals surface area contributed by atoms with Crippen molar-refractivity contribution in [2.45, 2.75) is 0 Å². The van der Waals surface area contributed by atoms with Crippen molar-refractivity contribution < 1.29 is 0 Å². The number of fused-ring (bicyclic) bond motifs is 5. The topological polar surface area (TPSA) is 56.5 Å². The highest BCUT2D eigenvalue weighted by Gasteiger charge is 2.16. The van der Waals surface area contributed by atoms with Crippen molar-refractivity contribution in [2.24, 2.45) is 0 Å². The van der Waals surface area contributed by atoms with Crippen molar-refractivity contribution in [1.82, 2.24) is 25.0 Å². The van der Waals surface area contributed by atoms with Crippen LogP contribution in [0.1, 0.15) is 0 Å². The molecule has 10 rings (SSSR count). The fourth-order valence-corrected chi connectivity index (χ4v) is 7.18. The Morgan fingerprint density at radius 2 is 0.887 bits per heavy atom. The van der Waals surface area contributed by atoms with Gasteiger partial charge in [0.1, 0.15) is 11.0 Å². The lowest BCUT2D eigenvalue weighted by molar-refractivity contribution is 0.766. The molecule has 0 aliphatic carbocycles. The summed E-state index contributed by atoms with van der Waals surface area (Å²) in [6, 6.07) is 65.3. The molecular formula is C48H31N5. The largest absolute Gasteiger partial charge is 0.228 e. The van der Waals surface area contributed by atoms with Crippen molar-refractivity contribution in [3.05, 3.63) is 188 Å². The average Bonchev–Trinajstić information content (AvgIpc) is 3.69. The highest BCUT2D eigenvalue weighted by molar-refractivity contribution is 6.18. The van der Waals surface area contributed by atoms with Gasteiger partial charge in [0.05, 0.1) is 17.1 Å². The summed E-state index contributed by atoms with van der Waals surface area (Å²) in [5, 5.41) is 14.3. The summed E-state index contributed by atoms with van der Waals surface area (Å²) in [5.74, 6) is 0.673. The van der Waals surface area contributed by atoms with E-state index in [4.69, 9.17) is 20.2 Å². The molecule has 0 spiro atoms. The van der Waals surface area contributed by atoms with E-state index >= 15 is 0 Å². The monoisotopic (exact) mass is 677 g/mol. The maximum Gasteiger partial charge on any atom is 0.160 e. The first-order valence-electron chi connectivity index (χ1n) is 17.7. The SMILES string of the molecule is c1ccc(-c2cccc(-c3cc(-c4ccc5ccc6ccc7nn(-c8ccccc8)nc7c6c5c4)nc(-c4cccc(-c5ccccc5)c4)n3)c2)cc1. The molecule has 0 unspecified atom stereocenters. The van der Waals surface area contributed by atoms with E-state index < -0.39 is 0 Å². The van der Waals surface area contributed by atoms with Crippen molar-refractivity contribution in [3.8, 4) is 61.8 Å². The number of rotatable bonds is 6. The zero-order valence-corrected chi connectivity index (χ0v) is 28.6. The van der Waals surface area contributed by atoms with Gasteiger partial charge in [-0.2, -0.15) is 4.80 Å². The average molecular weight is 678 g/mol. The highest BCUT2D eigenvalue weighted by Crippen LogP contribution is 2.36. The van der Waals surface area contributed by atoms with Gasteiger partial charge >= 0.3 is 0 Å². The number of hydrogen-bond acceptors (Lipinski definition) is 4. The summed E-state index contributed by atoms with van der Waals surface area (Å²) in [5.41, 5.74) is 11.9. The fourth-order valence-electron chi connectivity index (χ4n) is 7.18. The number of hydrogen-bond donors (Lipinski definition) is 0. The van der Waals surface area contributed by atoms with Gasteiger partial charge in [0.25, 0.3) is 0 Å². The second-order valence-corrected chi connectivity index (χ2v) is 13.2. The van der Waals surface area contributed by atoms with Gasteiger partial charge in [-0.05, 0) is 80.9 Å². The van der Waals surface area contributed by atoms with Crippen LogP contribution in [0.25, 0.3) is 94.4 Å². The van der Waals surface area contributed by atoms with Gasteiger partial charge in [-0.3, -0.25) is 0 Å². The molecule has 0 atom stereocenters. The van der Waals surface area contributed by atoms with Crippen molar-refractivity contribution in [2.75, 3.05) is 0 Å². The third-order valence-electron chi connectivity index (χ3n) is 9.85. The van der Waals surface area contributed by atoms with Crippen LogP contribution in [0.15, 0.2) is 188 Å². The van der Waals surface area contributed by atoms with Crippen LogP contribution in [-0.4, -0.2) is 25.0 Å². The summed E-state index contributed by atoms with van der Waals surface area (Å²) in [6.07, 6.45) is 0. The lowest BCUT2D eigenvalue weighted by atomic mass is 9.97. The van der Waals surface area contributed by atoms with Crippen molar-refractivity contribution >= 4 is 32.6 Å². The van der Waals surface area contributed by atoms with E-state index in [1.54, 1.807) is 4.80 Å². The lowest BCUT2D eigenvalue weighted by Gasteiger charge is -2.12. The minimum Gasteiger partial charge on any atom is -0.228 e. The van der Waals surface area contributed by atoms with Crippen LogP contribution in [-0.2, 0) is 0 Å². The maximum atomic E-state index is 5.26. The predicted molar refractivity (Wildman–Crippen MR) is 217 cm³/mol. The van der Waals surface area contributed by atoms with Crippen LogP contribution in [0.3, 0.4) is 0 Å². The van der Waals surface area contributed by atoms with Crippen molar-refractivity contribution in [1.29, 1.82) is 0 Å². The third kappa shape index (κ3) is 5.71. The molecule has 0 N–H and O–H groups in total. The molecule has 0 fully saturated rings. The Morgan fingerprint density at radius 3 is 1.58 bits per heavy atom. The van der Waals surface area contributed by atoms with Crippen LogP contribution in [0.5, 0.6) is 0 Å². The molecule has 0 radical (unpaired) electrons. The molecule has 0 aliphatic heterocycles. The first kappa shape index (κ1) is 30.6. The molecule has 0 saturated heterocycles. The number of benzene rings is 8. The molecule has 248 valence electrons. The molecule has 0 bridgehead atoms. The second kappa shape index (κ2) is 12.8. The molecule has 5 heteroatoms. The van der Waals surface area contributed by atoms with E-state index in [9.17, 15) is 0 Å². The van der Waals surface area contributed by atoms with Gasteiger partial charge in [0.2, 0.25) is 0 Å². The molecule has 5 nitrogen and oxygen atoms in total. The van der Waals surface area contributed by atoms with Gasteiger partial charge in [-0.1, -0.05) is 146 Å². The van der Waals surface area contributed by atoms with E-state index in [0.29, 0.717) is 5.82 Å². The first-order valence-corrected chi connectivity index (χ1v) is 17.7. The maximum absolute atomic E-state index is 5.26.